The van der Waals surface area contributed by atoms with Crippen LogP contribution in [0.2, 0.25) is 5.02 Å². The van der Waals surface area contributed by atoms with Crippen molar-refractivity contribution >= 4 is 23.3 Å². The smallest absolute Gasteiger partial charge is 0.343 e. The van der Waals surface area contributed by atoms with Crippen LogP contribution in [0.15, 0.2) is 42.5 Å². The van der Waals surface area contributed by atoms with Gasteiger partial charge in [-0.05, 0) is 36.8 Å². The number of hydrogen-bond acceptors (Lipinski definition) is 3. The second-order valence-electron chi connectivity index (χ2n) is 3.89. The van der Waals surface area contributed by atoms with E-state index < -0.39 is 5.97 Å². The van der Waals surface area contributed by atoms with Crippen molar-refractivity contribution in [3.05, 3.63) is 58.6 Å². The molecule has 0 atom stereocenters. The van der Waals surface area contributed by atoms with Crippen molar-refractivity contribution in [3.8, 4) is 5.75 Å². The Labute approximate surface area is 110 Å². The average Bonchev–Trinajstić information content (AvgIpc) is 2.35. The van der Waals surface area contributed by atoms with E-state index >= 15 is 0 Å². The van der Waals surface area contributed by atoms with Gasteiger partial charge in [-0.2, -0.15) is 0 Å². The zero-order valence-electron chi connectivity index (χ0n) is 9.81. The van der Waals surface area contributed by atoms with Gasteiger partial charge in [0.25, 0.3) is 0 Å². The number of benzene rings is 2. The van der Waals surface area contributed by atoms with E-state index in [1.165, 1.54) is 6.07 Å². The maximum atomic E-state index is 11.9. The molecule has 92 valence electrons. The minimum absolute atomic E-state index is 0.357. The molecule has 0 spiro atoms. The minimum Gasteiger partial charge on any atom is -0.423 e. The Kier molecular flexibility index (Phi) is 3.53. The van der Waals surface area contributed by atoms with Crippen LogP contribution >= 0.6 is 11.6 Å². The molecule has 0 radical (unpaired) electrons. The van der Waals surface area contributed by atoms with Gasteiger partial charge in [-0.3, -0.25) is 0 Å². The van der Waals surface area contributed by atoms with Crippen LogP contribution in [0.3, 0.4) is 0 Å². The quantitative estimate of drug-likeness (QED) is 0.512. The summed E-state index contributed by atoms with van der Waals surface area (Å²) in [5, 5.41) is 0.419. The Morgan fingerprint density at radius 1 is 1.22 bits per heavy atom. The van der Waals surface area contributed by atoms with Gasteiger partial charge in [-0.1, -0.05) is 29.8 Å². The monoisotopic (exact) mass is 261 g/mol. The summed E-state index contributed by atoms with van der Waals surface area (Å²) in [6.07, 6.45) is 0. The minimum atomic E-state index is -0.451. The van der Waals surface area contributed by atoms with Gasteiger partial charge >= 0.3 is 5.97 Å². The molecule has 0 amide bonds. The van der Waals surface area contributed by atoms with E-state index in [-0.39, 0.29) is 0 Å². The van der Waals surface area contributed by atoms with Crippen molar-refractivity contribution in [2.24, 2.45) is 0 Å². The summed E-state index contributed by atoms with van der Waals surface area (Å²) in [5.41, 5.74) is 7.27. The van der Waals surface area contributed by atoms with E-state index in [1.807, 2.05) is 25.1 Å². The van der Waals surface area contributed by atoms with Gasteiger partial charge in [0, 0.05) is 0 Å². The highest BCUT2D eigenvalue weighted by molar-refractivity contribution is 6.33. The molecule has 18 heavy (non-hydrogen) atoms. The highest BCUT2D eigenvalue weighted by atomic mass is 35.5. The van der Waals surface area contributed by atoms with Crippen molar-refractivity contribution < 1.29 is 9.53 Å². The Morgan fingerprint density at radius 3 is 2.61 bits per heavy atom. The fraction of sp³-hybridized carbons (Fsp3) is 0.0714. The number of nitrogens with two attached hydrogens (primary N) is 1. The number of carbonyl (C=O) groups is 1. The highest BCUT2D eigenvalue weighted by Crippen LogP contribution is 2.22. The zero-order chi connectivity index (χ0) is 13.1. The molecule has 0 bridgehead atoms. The van der Waals surface area contributed by atoms with Crippen LogP contribution in [0.4, 0.5) is 5.69 Å². The number of esters is 1. The van der Waals surface area contributed by atoms with Gasteiger partial charge in [0.2, 0.25) is 0 Å². The Balaban J connectivity index is 2.22. The first kappa shape index (κ1) is 12.5. The average molecular weight is 262 g/mol. The lowest BCUT2D eigenvalue weighted by molar-refractivity contribution is 0.0733. The van der Waals surface area contributed by atoms with Crippen molar-refractivity contribution in [1.82, 2.24) is 0 Å². The standard InChI is InChI=1S/C14H12ClNO2/c1-9-4-2-3-5-13(9)18-14(17)10-6-7-11(15)12(16)8-10/h2-8H,16H2,1H3. The van der Waals surface area contributed by atoms with Gasteiger partial charge in [-0.25, -0.2) is 4.79 Å². The molecule has 0 saturated carbocycles. The lowest BCUT2D eigenvalue weighted by Gasteiger charge is -2.07. The molecule has 2 N–H and O–H groups in total. The van der Waals surface area contributed by atoms with Gasteiger partial charge in [0.15, 0.2) is 0 Å². The molecule has 0 aliphatic carbocycles. The van der Waals surface area contributed by atoms with E-state index in [4.69, 9.17) is 22.1 Å². The number of anilines is 1. The number of nitrogen functional groups attached to an aromatic ring is 1. The topological polar surface area (TPSA) is 52.3 Å². The van der Waals surface area contributed by atoms with Crippen molar-refractivity contribution in [3.63, 3.8) is 0 Å². The first-order chi connectivity index (χ1) is 8.58. The first-order valence-corrected chi connectivity index (χ1v) is 5.78. The predicted molar refractivity (Wildman–Crippen MR) is 72.0 cm³/mol. The second kappa shape index (κ2) is 5.10. The molecule has 0 aliphatic heterocycles. The van der Waals surface area contributed by atoms with Crippen LogP contribution in [0.1, 0.15) is 15.9 Å². The zero-order valence-corrected chi connectivity index (χ0v) is 10.6. The predicted octanol–water partition coefficient (Wildman–Crippen LogP) is 3.45. The Morgan fingerprint density at radius 2 is 1.94 bits per heavy atom. The second-order valence-corrected chi connectivity index (χ2v) is 4.30. The summed E-state index contributed by atoms with van der Waals surface area (Å²) in [7, 11) is 0. The number of halogens is 1. The molecule has 2 aromatic carbocycles. The fourth-order valence-electron chi connectivity index (χ4n) is 1.50. The number of carbonyl (C=O) groups excluding carboxylic acids is 1. The van der Waals surface area contributed by atoms with Crippen molar-refractivity contribution in [1.29, 1.82) is 0 Å². The molecule has 4 heteroatoms. The van der Waals surface area contributed by atoms with Gasteiger partial charge in [0.05, 0.1) is 16.3 Å². The van der Waals surface area contributed by atoms with Crippen LogP contribution < -0.4 is 10.5 Å². The van der Waals surface area contributed by atoms with Crippen LogP contribution in [-0.4, -0.2) is 5.97 Å². The highest BCUT2D eigenvalue weighted by Gasteiger charge is 2.11. The van der Waals surface area contributed by atoms with Crippen LogP contribution in [0.25, 0.3) is 0 Å². The molecule has 0 unspecified atom stereocenters. The Hall–Kier alpha value is -2.00. The fourth-order valence-corrected chi connectivity index (χ4v) is 1.62. The van der Waals surface area contributed by atoms with Gasteiger partial charge in [0.1, 0.15) is 5.75 Å². The number of rotatable bonds is 2. The van der Waals surface area contributed by atoms with E-state index in [0.29, 0.717) is 22.0 Å². The summed E-state index contributed by atoms with van der Waals surface area (Å²) in [6.45, 7) is 1.87. The maximum Gasteiger partial charge on any atom is 0.343 e. The summed E-state index contributed by atoms with van der Waals surface area (Å²) in [4.78, 5) is 11.9. The lowest BCUT2D eigenvalue weighted by Crippen LogP contribution is -2.09. The number of hydrogen-bond donors (Lipinski definition) is 1. The first-order valence-electron chi connectivity index (χ1n) is 5.41. The van der Waals surface area contributed by atoms with E-state index in [9.17, 15) is 4.79 Å². The number of para-hydroxylation sites is 1. The third kappa shape index (κ3) is 2.63. The van der Waals surface area contributed by atoms with Crippen LogP contribution in [0.5, 0.6) is 5.75 Å². The molecular weight excluding hydrogens is 250 g/mol. The molecule has 2 aromatic rings. The molecule has 0 fully saturated rings. The van der Waals surface area contributed by atoms with E-state index in [2.05, 4.69) is 0 Å². The van der Waals surface area contributed by atoms with E-state index in [0.717, 1.165) is 5.56 Å². The molecule has 0 aromatic heterocycles. The molecule has 0 aliphatic rings. The number of ether oxygens (including phenoxy) is 1. The lowest BCUT2D eigenvalue weighted by atomic mass is 10.2. The molecule has 0 heterocycles. The third-order valence-corrected chi connectivity index (χ3v) is 2.87. The third-order valence-electron chi connectivity index (χ3n) is 2.53. The maximum absolute atomic E-state index is 11.9. The van der Waals surface area contributed by atoms with Crippen LogP contribution in [-0.2, 0) is 0 Å². The molecular formula is C14H12ClNO2. The SMILES string of the molecule is Cc1ccccc1OC(=O)c1ccc(Cl)c(N)c1. The summed E-state index contributed by atoms with van der Waals surface area (Å²) < 4.78 is 5.29. The number of aryl methyl sites for hydroxylation is 1. The van der Waals surface area contributed by atoms with Crippen LogP contribution in [0, 0.1) is 6.92 Å². The van der Waals surface area contributed by atoms with Gasteiger partial charge < -0.3 is 10.5 Å². The normalized spacial score (nSPS) is 10.1. The largest absolute Gasteiger partial charge is 0.423 e. The summed E-state index contributed by atoms with van der Waals surface area (Å²) in [6, 6.07) is 12.0. The van der Waals surface area contributed by atoms with Crippen molar-refractivity contribution in [2.45, 2.75) is 6.92 Å². The van der Waals surface area contributed by atoms with E-state index in [1.54, 1.807) is 18.2 Å². The molecule has 2 rings (SSSR count). The molecule has 0 saturated heterocycles. The summed E-state index contributed by atoms with van der Waals surface area (Å²) >= 11 is 5.79. The van der Waals surface area contributed by atoms with Gasteiger partial charge in [-0.15, -0.1) is 0 Å². The molecule has 3 nitrogen and oxygen atoms in total. The summed E-state index contributed by atoms with van der Waals surface area (Å²) in [5.74, 6) is 0.0867. The Bertz CT molecular complexity index is 596. The van der Waals surface area contributed by atoms with Crippen molar-refractivity contribution in [2.75, 3.05) is 5.73 Å².